The third kappa shape index (κ3) is 4.77. The molecule has 25 heavy (non-hydrogen) atoms. The van der Waals surface area contributed by atoms with Gasteiger partial charge in [0.15, 0.2) is 12.1 Å². The fourth-order valence-electron chi connectivity index (χ4n) is 2.69. The quantitative estimate of drug-likeness (QED) is 0.348. The van der Waals surface area contributed by atoms with Crippen molar-refractivity contribution in [2.24, 2.45) is 21.4 Å². The number of aliphatic imine (C=N–C) groups is 1. The third-order valence-corrected chi connectivity index (χ3v) is 5.07. The molecule has 8 heteroatoms. The largest absolute Gasteiger partial charge is 0.351 e. The summed E-state index contributed by atoms with van der Waals surface area (Å²) >= 11 is 3.42. The van der Waals surface area contributed by atoms with E-state index in [4.69, 9.17) is 15.3 Å². The zero-order valence-corrected chi connectivity index (χ0v) is 16.2. The average molecular weight is 410 g/mol. The van der Waals surface area contributed by atoms with E-state index < -0.39 is 0 Å². The van der Waals surface area contributed by atoms with Gasteiger partial charge in [-0.25, -0.2) is 0 Å². The number of hydrogen-bond donors (Lipinski definition) is 1. The predicted molar refractivity (Wildman–Crippen MR) is 100 cm³/mol. The fraction of sp³-hybridized carbons (Fsp3) is 0.588. The molecule has 1 saturated carbocycles. The molecule has 1 aliphatic heterocycles. The summed E-state index contributed by atoms with van der Waals surface area (Å²) in [6, 6.07) is 2.04. The average Bonchev–Trinajstić information content (AvgIpc) is 3.35. The molecule has 7 nitrogen and oxygen atoms in total. The van der Waals surface area contributed by atoms with Crippen LogP contribution in [0, 0.1) is 12.3 Å². The van der Waals surface area contributed by atoms with Gasteiger partial charge in [-0.3, -0.25) is 9.98 Å². The Balaban J connectivity index is 1.51. The monoisotopic (exact) mass is 409 g/mol. The molecule has 0 aromatic carbocycles. The van der Waals surface area contributed by atoms with Gasteiger partial charge in [0.1, 0.15) is 0 Å². The maximum Gasteiger partial charge on any atom is 0.176 e. The summed E-state index contributed by atoms with van der Waals surface area (Å²) in [5.41, 5.74) is 2.38. The Morgan fingerprint density at radius 3 is 2.80 bits per heavy atom. The highest BCUT2D eigenvalue weighted by Gasteiger charge is 2.46. The van der Waals surface area contributed by atoms with Gasteiger partial charge in [0.2, 0.25) is 0 Å². The van der Waals surface area contributed by atoms with Crippen molar-refractivity contribution in [3.8, 4) is 0 Å². The molecular formula is C17H24BrN5O2. The zero-order valence-electron chi connectivity index (χ0n) is 14.6. The van der Waals surface area contributed by atoms with Crippen molar-refractivity contribution in [2.45, 2.75) is 32.6 Å². The molecule has 0 unspecified atom stereocenters. The van der Waals surface area contributed by atoms with E-state index in [0.29, 0.717) is 24.3 Å². The van der Waals surface area contributed by atoms with Crippen molar-refractivity contribution in [1.82, 2.24) is 9.88 Å². The Hall–Kier alpha value is -1.51. The molecule has 2 fully saturated rings. The SMILES string of the molecule is Cc1cc(Br)cnc1CN(C)C(C=NCC1OCC2(CC2)CO1)=NN. The van der Waals surface area contributed by atoms with Gasteiger partial charge in [-0.2, -0.15) is 5.10 Å². The number of hydrogen-bond acceptors (Lipinski definition) is 6. The summed E-state index contributed by atoms with van der Waals surface area (Å²) in [5, 5.41) is 3.82. The van der Waals surface area contributed by atoms with Crippen molar-refractivity contribution >= 4 is 28.0 Å². The molecule has 2 heterocycles. The molecule has 1 saturated heterocycles. The van der Waals surface area contributed by atoms with E-state index >= 15 is 0 Å². The fourth-order valence-corrected chi connectivity index (χ4v) is 3.14. The lowest BCUT2D eigenvalue weighted by Gasteiger charge is -2.28. The van der Waals surface area contributed by atoms with Gasteiger partial charge in [0.25, 0.3) is 0 Å². The molecule has 1 aromatic rings. The van der Waals surface area contributed by atoms with Crippen LogP contribution in [0.4, 0.5) is 0 Å². The van der Waals surface area contributed by atoms with Crippen molar-refractivity contribution in [3.63, 3.8) is 0 Å². The van der Waals surface area contributed by atoms with Crippen LogP contribution in [0.5, 0.6) is 0 Å². The first-order chi connectivity index (χ1) is 12.0. The summed E-state index contributed by atoms with van der Waals surface area (Å²) in [5.74, 6) is 6.10. The Morgan fingerprint density at radius 2 is 2.20 bits per heavy atom. The Kier molecular flexibility index (Phi) is 5.71. The van der Waals surface area contributed by atoms with Crippen LogP contribution >= 0.6 is 15.9 Å². The molecule has 1 spiro atoms. The number of pyridine rings is 1. The first kappa shape index (κ1) is 18.3. The molecule has 3 rings (SSSR count). The standard InChI is InChI=1S/C17H24BrN5O2/c1-12-5-13(18)6-21-14(12)9-23(2)15(22-19)7-20-8-16-24-10-17(3-4-17)11-25-16/h5-7,16H,3-4,8-11,19H2,1-2H3. The van der Waals surface area contributed by atoms with E-state index in [2.05, 4.69) is 31.0 Å². The smallest absolute Gasteiger partial charge is 0.176 e. The van der Waals surface area contributed by atoms with E-state index in [9.17, 15) is 0 Å². The molecule has 0 atom stereocenters. The van der Waals surface area contributed by atoms with Crippen LogP contribution in [0.2, 0.25) is 0 Å². The lowest BCUT2D eigenvalue weighted by Crippen LogP contribution is -2.35. The van der Waals surface area contributed by atoms with Crippen LogP contribution in [0.15, 0.2) is 26.8 Å². The van der Waals surface area contributed by atoms with Crippen molar-refractivity contribution in [1.29, 1.82) is 0 Å². The molecule has 2 aliphatic rings. The molecule has 0 amide bonds. The van der Waals surface area contributed by atoms with E-state index in [-0.39, 0.29) is 6.29 Å². The normalized spacial score (nSPS) is 20.4. The molecular weight excluding hydrogens is 386 g/mol. The van der Waals surface area contributed by atoms with E-state index in [1.165, 1.54) is 12.8 Å². The van der Waals surface area contributed by atoms with Gasteiger partial charge in [-0.15, -0.1) is 0 Å². The summed E-state index contributed by atoms with van der Waals surface area (Å²) < 4.78 is 12.4. The minimum absolute atomic E-state index is 0.276. The van der Waals surface area contributed by atoms with Gasteiger partial charge < -0.3 is 20.2 Å². The Bertz CT molecular complexity index is 665. The second-order valence-corrected chi connectivity index (χ2v) is 7.72. The second kappa shape index (κ2) is 7.80. The topological polar surface area (TPSA) is 85.3 Å². The molecule has 1 aliphatic carbocycles. The van der Waals surface area contributed by atoms with Crippen LogP contribution in [0.25, 0.3) is 0 Å². The highest BCUT2D eigenvalue weighted by Crippen LogP contribution is 2.48. The summed E-state index contributed by atoms with van der Waals surface area (Å²) in [6.45, 7) is 4.62. The first-order valence-corrected chi connectivity index (χ1v) is 9.14. The van der Waals surface area contributed by atoms with Gasteiger partial charge >= 0.3 is 0 Å². The third-order valence-electron chi connectivity index (χ3n) is 4.63. The zero-order chi connectivity index (χ0) is 17.9. The number of rotatable bonds is 5. The maximum atomic E-state index is 5.72. The predicted octanol–water partition coefficient (Wildman–Crippen LogP) is 2.08. The molecule has 0 bridgehead atoms. The van der Waals surface area contributed by atoms with Crippen molar-refractivity contribution in [3.05, 3.63) is 28.0 Å². The Morgan fingerprint density at radius 1 is 1.48 bits per heavy atom. The van der Waals surface area contributed by atoms with Crippen LogP contribution < -0.4 is 5.84 Å². The lowest BCUT2D eigenvalue weighted by molar-refractivity contribution is -0.201. The van der Waals surface area contributed by atoms with Gasteiger partial charge in [-0.05, 0) is 47.3 Å². The maximum absolute atomic E-state index is 5.72. The number of ether oxygens (including phenoxy) is 2. The summed E-state index contributed by atoms with van der Waals surface area (Å²) in [6.07, 6.45) is 5.58. The highest BCUT2D eigenvalue weighted by molar-refractivity contribution is 9.10. The first-order valence-electron chi connectivity index (χ1n) is 8.34. The lowest BCUT2D eigenvalue weighted by atomic mass is 10.1. The number of hydrazone groups is 1. The molecule has 2 N–H and O–H groups in total. The van der Waals surface area contributed by atoms with Crippen molar-refractivity contribution in [2.75, 3.05) is 26.8 Å². The van der Waals surface area contributed by atoms with Crippen LogP contribution in [0.3, 0.4) is 0 Å². The van der Waals surface area contributed by atoms with E-state index in [1.807, 2.05) is 24.9 Å². The van der Waals surface area contributed by atoms with Crippen LogP contribution in [-0.2, 0) is 16.0 Å². The minimum atomic E-state index is -0.276. The van der Waals surface area contributed by atoms with Crippen LogP contribution in [-0.4, -0.2) is 55.0 Å². The number of nitrogens with two attached hydrogens (primary N) is 1. The molecule has 1 aromatic heterocycles. The number of aryl methyl sites for hydroxylation is 1. The summed E-state index contributed by atoms with van der Waals surface area (Å²) in [4.78, 5) is 10.7. The van der Waals surface area contributed by atoms with Gasteiger partial charge in [-0.1, -0.05) is 0 Å². The minimum Gasteiger partial charge on any atom is -0.351 e. The second-order valence-electron chi connectivity index (χ2n) is 6.81. The summed E-state index contributed by atoms with van der Waals surface area (Å²) in [7, 11) is 1.91. The molecule has 136 valence electrons. The van der Waals surface area contributed by atoms with E-state index in [1.54, 1.807) is 12.4 Å². The number of nitrogens with zero attached hydrogens (tertiary/aromatic N) is 4. The van der Waals surface area contributed by atoms with Gasteiger partial charge in [0, 0.05) is 23.1 Å². The van der Waals surface area contributed by atoms with Gasteiger partial charge in [0.05, 0.1) is 38.2 Å². The van der Waals surface area contributed by atoms with Crippen LogP contribution in [0.1, 0.15) is 24.1 Å². The molecule has 0 radical (unpaired) electrons. The Labute approximate surface area is 156 Å². The van der Waals surface area contributed by atoms with Crippen molar-refractivity contribution < 1.29 is 9.47 Å². The number of halogens is 1. The number of aromatic nitrogens is 1. The number of amidine groups is 1. The highest BCUT2D eigenvalue weighted by atomic mass is 79.9. The van der Waals surface area contributed by atoms with E-state index in [0.717, 1.165) is 28.9 Å².